The van der Waals surface area contributed by atoms with Crippen molar-refractivity contribution in [2.24, 2.45) is 4.99 Å². The van der Waals surface area contributed by atoms with Crippen LogP contribution in [0.15, 0.2) is 70.1 Å². The van der Waals surface area contributed by atoms with Crippen molar-refractivity contribution in [1.82, 2.24) is 4.57 Å². The van der Waals surface area contributed by atoms with Gasteiger partial charge in [-0.1, -0.05) is 36.1 Å². The molecule has 0 amide bonds. The predicted octanol–water partition coefficient (Wildman–Crippen LogP) is 3.71. The van der Waals surface area contributed by atoms with Crippen LogP contribution in [0.2, 0.25) is 0 Å². The highest BCUT2D eigenvalue weighted by molar-refractivity contribution is 7.07. The number of thiazole rings is 1. The maximum Gasteiger partial charge on any atom is 0.343 e. The van der Waals surface area contributed by atoms with E-state index in [-0.39, 0.29) is 31.0 Å². The highest BCUT2D eigenvalue weighted by Crippen LogP contribution is 2.36. The number of benzene rings is 2. The molecular weight excluding hydrogens is 600 g/mol. The van der Waals surface area contributed by atoms with E-state index in [2.05, 4.69) is 16.3 Å². The van der Waals surface area contributed by atoms with E-state index >= 15 is 0 Å². The summed E-state index contributed by atoms with van der Waals surface area (Å²) in [6.07, 6.45) is 3.35. The third-order valence-corrected chi connectivity index (χ3v) is 7.58. The van der Waals surface area contributed by atoms with E-state index in [1.165, 1.54) is 23.0 Å². The molecule has 0 bridgehead atoms. The van der Waals surface area contributed by atoms with Crippen molar-refractivity contribution in [2.45, 2.75) is 33.7 Å². The summed E-state index contributed by atoms with van der Waals surface area (Å²) in [5.41, 5.74) is 1.65. The molecule has 0 N–H and O–H groups in total. The Kier molecular flexibility index (Phi) is 11.2. The quantitative estimate of drug-likeness (QED) is 0.192. The van der Waals surface area contributed by atoms with Gasteiger partial charge >= 0.3 is 11.9 Å². The molecule has 11 nitrogen and oxygen atoms in total. The molecule has 3 aromatic rings. The standard InChI is InChI=1S/C33H36N2O9S/c1-7-15-43-23-14-12-22(18-26(23)41-9-3)30-29(32(38)42-10-4)20(5)34-33-35(30)31(37)27(45-33)17-21-11-13-24(25(16-21)40-8-2)44-19-28(36)39-6/h7,11-14,16-18,30H,1,8-10,15,19H2,2-6H3. The molecular formula is C33H36N2O9S. The molecule has 0 saturated carbocycles. The normalized spacial score (nSPS) is 14.2. The molecule has 2 aromatic carbocycles. The molecule has 1 unspecified atom stereocenters. The van der Waals surface area contributed by atoms with Gasteiger partial charge in [-0.15, -0.1) is 0 Å². The van der Waals surface area contributed by atoms with Crippen LogP contribution in [0.4, 0.5) is 0 Å². The summed E-state index contributed by atoms with van der Waals surface area (Å²) in [5, 5.41) is 0. The van der Waals surface area contributed by atoms with Crippen molar-refractivity contribution >= 4 is 29.4 Å². The number of hydrogen-bond donors (Lipinski definition) is 0. The number of ether oxygens (including phenoxy) is 6. The maximum atomic E-state index is 14.1. The van der Waals surface area contributed by atoms with Gasteiger partial charge in [0.25, 0.3) is 5.56 Å². The van der Waals surface area contributed by atoms with Crippen molar-refractivity contribution in [3.63, 3.8) is 0 Å². The van der Waals surface area contributed by atoms with Gasteiger partial charge < -0.3 is 28.4 Å². The summed E-state index contributed by atoms with van der Waals surface area (Å²) in [6.45, 7) is 11.7. The minimum atomic E-state index is -0.830. The second kappa shape index (κ2) is 15.2. The van der Waals surface area contributed by atoms with Gasteiger partial charge in [-0.3, -0.25) is 9.36 Å². The van der Waals surface area contributed by atoms with Crippen molar-refractivity contribution in [1.29, 1.82) is 0 Å². The molecule has 0 radical (unpaired) electrons. The number of allylic oxidation sites excluding steroid dienone is 1. The zero-order valence-corrected chi connectivity index (χ0v) is 26.7. The summed E-state index contributed by atoms with van der Waals surface area (Å²) >= 11 is 1.20. The second-order valence-electron chi connectivity index (χ2n) is 9.55. The first-order chi connectivity index (χ1) is 21.8. The number of fused-ring (bicyclic) bond motifs is 1. The van der Waals surface area contributed by atoms with Gasteiger partial charge in [0, 0.05) is 0 Å². The fourth-order valence-corrected chi connectivity index (χ4v) is 5.73. The van der Waals surface area contributed by atoms with Crippen molar-refractivity contribution in [3.05, 3.63) is 91.1 Å². The Morgan fingerprint density at radius 1 is 0.956 bits per heavy atom. The van der Waals surface area contributed by atoms with Gasteiger partial charge in [0.2, 0.25) is 0 Å². The van der Waals surface area contributed by atoms with Crippen LogP contribution in [-0.4, -0.2) is 56.6 Å². The highest BCUT2D eigenvalue weighted by atomic mass is 32.1. The average Bonchev–Trinajstić information content (AvgIpc) is 3.33. The lowest BCUT2D eigenvalue weighted by atomic mass is 9.95. The van der Waals surface area contributed by atoms with E-state index < -0.39 is 18.0 Å². The molecule has 45 heavy (non-hydrogen) atoms. The van der Waals surface area contributed by atoms with E-state index in [0.717, 1.165) is 0 Å². The molecule has 2 heterocycles. The first kappa shape index (κ1) is 33.1. The molecule has 4 rings (SSSR count). The lowest BCUT2D eigenvalue weighted by Crippen LogP contribution is -2.40. The van der Waals surface area contributed by atoms with Gasteiger partial charge in [0.15, 0.2) is 34.4 Å². The second-order valence-corrected chi connectivity index (χ2v) is 10.6. The molecule has 0 fully saturated rings. The van der Waals surface area contributed by atoms with Crippen LogP contribution in [0, 0.1) is 0 Å². The smallest absolute Gasteiger partial charge is 0.343 e. The van der Waals surface area contributed by atoms with Crippen molar-refractivity contribution in [3.8, 4) is 23.0 Å². The Labute approximate surface area is 264 Å². The maximum absolute atomic E-state index is 14.1. The molecule has 12 heteroatoms. The van der Waals surface area contributed by atoms with E-state index in [9.17, 15) is 14.4 Å². The molecule has 1 aliphatic rings. The molecule has 0 spiro atoms. The number of aromatic nitrogens is 1. The molecule has 0 aliphatic carbocycles. The summed E-state index contributed by atoms with van der Waals surface area (Å²) in [7, 11) is 1.28. The Morgan fingerprint density at radius 2 is 1.64 bits per heavy atom. The van der Waals surface area contributed by atoms with Gasteiger partial charge in [0.1, 0.15) is 6.61 Å². The summed E-state index contributed by atoms with van der Waals surface area (Å²) in [6, 6.07) is 9.60. The van der Waals surface area contributed by atoms with Gasteiger partial charge in [0.05, 0.1) is 48.8 Å². The SMILES string of the molecule is C=CCOc1ccc(C2C(C(=O)OCC)=C(C)N=c3sc(=Cc4ccc(OCC(=O)OC)c(OCC)c4)c(=O)n32)cc1OCC. The molecule has 1 atom stereocenters. The topological polar surface area (TPSA) is 124 Å². The van der Waals surface area contributed by atoms with Crippen LogP contribution in [0.1, 0.15) is 44.9 Å². The number of rotatable bonds is 14. The van der Waals surface area contributed by atoms with E-state index in [4.69, 9.17) is 23.7 Å². The van der Waals surface area contributed by atoms with E-state index in [0.29, 0.717) is 62.4 Å². The van der Waals surface area contributed by atoms with E-state index in [1.807, 2.05) is 13.8 Å². The first-order valence-corrected chi connectivity index (χ1v) is 15.2. The number of carbonyl (C=O) groups is 2. The molecule has 1 aromatic heterocycles. The molecule has 238 valence electrons. The van der Waals surface area contributed by atoms with Gasteiger partial charge in [-0.2, -0.15) is 0 Å². The number of methoxy groups -OCH3 is 1. The molecule has 0 saturated heterocycles. The van der Waals surface area contributed by atoms with Crippen LogP contribution >= 0.6 is 11.3 Å². The third kappa shape index (κ3) is 7.46. The highest BCUT2D eigenvalue weighted by Gasteiger charge is 2.34. The monoisotopic (exact) mass is 636 g/mol. The largest absolute Gasteiger partial charge is 0.490 e. The lowest BCUT2D eigenvalue weighted by molar-refractivity contribution is -0.143. The van der Waals surface area contributed by atoms with Crippen LogP contribution in [0.25, 0.3) is 6.08 Å². The fraction of sp³-hybridized carbons (Fsp3) is 0.333. The Bertz CT molecular complexity index is 1790. The van der Waals surface area contributed by atoms with Crippen LogP contribution < -0.4 is 33.8 Å². The van der Waals surface area contributed by atoms with Crippen LogP contribution in [-0.2, 0) is 19.1 Å². The predicted molar refractivity (Wildman–Crippen MR) is 169 cm³/mol. The Balaban J connectivity index is 1.86. The number of esters is 2. The zero-order chi connectivity index (χ0) is 32.5. The van der Waals surface area contributed by atoms with Crippen molar-refractivity contribution in [2.75, 3.05) is 40.1 Å². The summed E-state index contributed by atoms with van der Waals surface area (Å²) in [4.78, 5) is 44.0. The fourth-order valence-electron chi connectivity index (χ4n) is 4.69. The Morgan fingerprint density at radius 3 is 2.31 bits per heavy atom. The van der Waals surface area contributed by atoms with Crippen molar-refractivity contribution < 1.29 is 38.0 Å². The van der Waals surface area contributed by atoms with Gasteiger partial charge in [-0.05, 0) is 69.2 Å². The van der Waals surface area contributed by atoms with E-state index in [1.54, 1.807) is 62.4 Å². The molecule has 1 aliphatic heterocycles. The van der Waals surface area contributed by atoms with Crippen LogP contribution in [0.3, 0.4) is 0 Å². The first-order valence-electron chi connectivity index (χ1n) is 14.4. The summed E-state index contributed by atoms with van der Waals surface area (Å²) in [5.74, 6) is 0.656. The van der Waals surface area contributed by atoms with Crippen LogP contribution in [0.5, 0.6) is 23.0 Å². The number of hydrogen-bond acceptors (Lipinski definition) is 11. The Hall–Kier alpha value is -4.84. The summed E-state index contributed by atoms with van der Waals surface area (Å²) < 4.78 is 34.9. The lowest BCUT2D eigenvalue weighted by Gasteiger charge is -2.25. The minimum Gasteiger partial charge on any atom is -0.490 e. The van der Waals surface area contributed by atoms with Gasteiger partial charge in [-0.25, -0.2) is 14.6 Å². The average molecular weight is 637 g/mol. The number of nitrogens with zero attached hydrogens (tertiary/aromatic N) is 2. The zero-order valence-electron chi connectivity index (χ0n) is 25.9. The third-order valence-electron chi connectivity index (χ3n) is 6.60. The number of carbonyl (C=O) groups excluding carboxylic acids is 2. The minimum absolute atomic E-state index is 0.160.